The molecule has 0 aromatic carbocycles. The lowest BCUT2D eigenvalue weighted by atomic mass is 9.95. The van der Waals surface area contributed by atoms with Crippen molar-refractivity contribution < 1.29 is 19.4 Å². The van der Waals surface area contributed by atoms with Crippen molar-refractivity contribution in [2.75, 3.05) is 39.4 Å². The number of nitrogens with zero attached hydrogens (tertiary/aromatic N) is 3. The second-order valence-electron chi connectivity index (χ2n) is 6.05. The van der Waals surface area contributed by atoms with Crippen LogP contribution in [0.15, 0.2) is 24.5 Å². The summed E-state index contributed by atoms with van der Waals surface area (Å²) in [7, 11) is 0. The number of pyridine rings is 1. The topological polar surface area (TPSA) is 83.0 Å². The van der Waals surface area contributed by atoms with Gasteiger partial charge in [0.15, 0.2) is 0 Å². The van der Waals surface area contributed by atoms with Gasteiger partial charge in [-0.3, -0.25) is 19.5 Å². The summed E-state index contributed by atoms with van der Waals surface area (Å²) in [6.45, 7) is 2.93. The number of carboxylic acid groups (broad SMARTS) is 1. The Balaban J connectivity index is 1.58. The molecule has 0 bridgehead atoms. The first-order valence-corrected chi connectivity index (χ1v) is 7.85. The molecule has 1 N–H and O–H groups in total. The van der Waals surface area contributed by atoms with Gasteiger partial charge in [-0.05, 0) is 11.6 Å². The van der Waals surface area contributed by atoms with Crippen LogP contribution < -0.4 is 0 Å². The van der Waals surface area contributed by atoms with E-state index in [1.54, 1.807) is 17.3 Å². The van der Waals surface area contributed by atoms with Crippen LogP contribution in [0.25, 0.3) is 0 Å². The number of carboxylic acids is 1. The lowest BCUT2D eigenvalue weighted by Crippen LogP contribution is -2.62. The van der Waals surface area contributed by atoms with Crippen molar-refractivity contribution in [2.45, 2.75) is 18.4 Å². The van der Waals surface area contributed by atoms with Crippen molar-refractivity contribution in [3.05, 3.63) is 30.1 Å². The third kappa shape index (κ3) is 3.20. The van der Waals surface area contributed by atoms with Crippen molar-refractivity contribution in [3.8, 4) is 0 Å². The van der Waals surface area contributed by atoms with Crippen LogP contribution in [0.1, 0.15) is 12.0 Å². The van der Waals surface area contributed by atoms with Crippen LogP contribution in [0.2, 0.25) is 0 Å². The van der Waals surface area contributed by atoms with Gasteiger partial charge in [0.25, 0.3) is 0 Å². The molecule has 1 unspecified atom stereocenters. The summed E-state index contributed by atoms with van der Waals surface area (Å²) in [5.74, 6) is -0.769. The van der Waals surface area contributed by atoms with Crippen molar-refractivity contribution in [1.29, 1.82) is 0 Å². The maximum Gasteiger partial charge on any atom is 0.326 e. The van der Waals surface area contributed by atoms with E-state index in [1.807, 2.05) is 17.0 Å². The van der Waals surface area contributed by atoms with E-state index >= 15 is 0 Å². The zero-order valence-electron chi connectivity index (χ0n) is 13.0. The van der Waals surface area contributed by atoms with Gasteiger partial charge in [-0.2, -0.15) is 0 Å². The summed E-state index contributed by atoms with van der Waals surface area (Å²) in [5.41, 5.74) is -0.0236. The summed E-state index contributed by atoms with van der Waals surface area (Å²) < 4.78 is 5.32. The lowest BCUT2D eigenvalue weighted by Gasteiger charge is -2.42. The third-order valence-electron chi connectivity index (χ3n) is 4.71. The van der Waals surface area contributed by atoms with Crippen LogP contribution in [-0.4, -0.2) is 76.7 Å². The smallest absolute Gasteiger partial charge is 0.326 e. The Hall–Kier alpha value is -1.99. The van der Waals surface area contributed by atoms with Crippen LogP contribution >= 0.6 is 0 Å². The van der Waals surface area contributed by atoms with E-state index in [1.165, 1.54) is 0 Å². The van der Waals surface area contributed by atoms with E-state index < -0.39 is 11.5 Å². The molecule has 7 nitrogen and oxygen atoms in total. The summed E-state index contributed by atoms with van der Waals surface area (Å²) in [4.78, 5) is 31.8. The van der Waals surface area contributed by atoms with Gasteiger partial charge in [0.2, 0.25) is 5.91 Å². The van der Waals surface area contributed by atoms with E-state index in [2.05, 4.69) is 4.98 Å². The van der Waals surface area contributed by atoms with E-state index in [-0.39, 0.29) is 12.5 Å². The van der Waals surface area contributed by atoms with E-state index in [0.717, 1.165) is 5.56 Å². The Kier molecular flexibility index (Phi) is 4.58. The van der Waals surface area contributed by atoms with Crippen molar-refractivity contribution in [1.82, 2.24) is 14.8 Å². The number of piperazine rings is 1. The molecule has 2 aliphatic heterocycles. The van der Waals surface area contributed by atoms with Crippen LogP contribution in [0.4, 0.5) is 0 Å². The summed E-state index contributed by atoms with van der Waals surface area (Å²) in [6, 6.07) is 3.70. The molecule has 0 saturated carbocycles. The number of hydrogen-bond donors (Lipinski definition) is 1. The maximum absolute atomic E-state index is 12.3. The number of amides is 1. The molecule has 2 aliphatic rings. The van der Waals surface area contributed by atoms with Crippen molar-refractivity contribution in [2.24, 2.45) is 0 Å². The van der Waals surface area contributed by atoms with Gasteiger partial charge in [-0.15, -0.1) is 0 Å². The minimum absolute atomic E-state index is 0.0599. The fraction of sp³-hybridized carbons (Fsp3) is 0.562. The quantitative estimate of drug-likeness (QED) is 0.842. The Morgan fingerprint density at radius 2 is 2.09 bits per heavy atom. The highest BCUT2D eigenvalue weighted by Gasteiger charge is 2.48. The molecule has 7 heteroatoms. The van der Waals surface area contributed by atoms with Crippen LogP contribution in [0.5, 0.6) is 0 Å². The predicted octanol–water partition coefficient (Wildman–Crippen LogP) is 0.0120. The molecular formula is C16H21N3O4. The number of ether oxygens (including phenoxy) is 1. The Morgan fingerprint density at radius 1 is 1.30 bits per heavy atom. The van der Waals surface area contributed by atoms with Crippen molar-refractivity contribution in [3.63, 3.8) is 0 Å². The van der Waals surface area contributed by atoms with Gasteiger partial charge in [0.1, 0.15) is 5.54 Å². The van der Waals surface area contributed by atoms with Crippen LogP contribution in [-0.2, 0) is 20.7 Å². The van der Waals surface area contributed by atoms with Gasteiger partial charge in [0.05, 0.1) is 13.0 Å². The fourth-order valence-corrected chi connectivity index (χ4v) is 3.28. The van der Waals surface area contributed by atoms with Gasteiger partial charge in [-0.1, -0.05) is 6.07 Å². The molecule has 1 aromatic heterocycles. The minimum Gasteiger partial charge on any atom is -0.480 e. The molecule has 1 aromatic rings. The zero-order valence-corrected chi connectivity index (χ0v) is 13.0. The lowest BCUT2D eigenvalue weighted by molar-refractivity contribution is -0.153. The first-order valence-electron chi connectivity index (χ1n) is 7.85. The van der Waals surface area contributed by atoms with Gasteiger partial charge < -0.3 is 14.7 Å². The fourth-order valence-electron chi connectivity index (χ4n) is 3.28. The number of hydrogen-bond acceptors (Lipinski definition) is 5. The number of aromatic nitrogens is 1. The summed E-state index contributed by atoms with van der Waals surface area (Å²) in [5, 5.41) is 9.58. The van der Waals surface area contributed by atoms with Crippen molar-refractivity contribution >= 4 is 11.9 Å². The molecule has 2 fully saturated rings. The second-order valence-corrected chi connectivity index (χ2v) is 6.05. The zero-order chi connectivity index (χ0) is 16.3. The molecule has 1 amide bonds. The van der Waals surface area contributed by atoms with E-state index in [9.17, 15) is 14.7 Å². The standard InChI is InChI=1S/C16H21N3O4/c20-14(10-13-2-1-4-17-11-13)18-5-7-19(8-6-18)16(15(21)22)3-9-23-12-16/h1-2,4,11H,3,5-10,12H2,(H,21,22). The Bertz CT molecular complexity index is 564. The monoisotopic (exact) mass is 319 g/mol. The largest absolute Gasteiger partial charge is 0.480 e. The van der Waals surface area contributed by atoms with Gasteiger partial charge in [0, 0.05) is 51.6 Å². The van der Waals surface area contributed by atoms with E-state index in [0.29, 0.717) is 45.6 Å². The number of rotatable bonds is 4. The average Bonchev–Trinajstić information content (AvgIpc) is 3.07. The predicted molar refractivity (Wildman–Crippen MR) is 81.9 cm³/mol. The number of carbonyl (C=O) groups is 2. The van der Waals surface area contributed by atoms with Gasteiger partial charge >= 0.3 is 5.97 Å². The Morgan fingerprint density at radius 3 is 2.65 bits per heavy atom. The molecule has 0 radical (unpaired) electrons. The number of carbonyl (C=O) groups excluding carboxylic acids is 1. The molecule has 3 rings (SSSR count). The molecule has 2 saturated heterocycles. The Labute approximate surface area is 134 Å². The molecule has 3 heterocycles. The molecule has 0 aliphatic carbocycles. The summed E-state index contributed by atoms with van der Waals surface area (Å²) in [6.07, 6.45) is 4.22. The maximum atomic E-state index is 12.3. The molecule has 0 spiro atoms. The number of aliphatic carboxylic acids is 1. The third-order valence-corrected chi connectivity index (χ3v) is 4.71. The highest BCUT2D eigenvalue weighted by molar-refractivity contribution is 5.80. The second kappa shape index (κ2) is 6.64. The van der Waals surface area contributed by atoms with Crippen LogP contribution in [0.3, 0.4) is 0 Å². The first kappa shape index (κ1) is 15.9. The highest BCUT2D eigenvalue weighted by Crippen LogP contribution is 2.28. The molecule has 1 atom stereocenters. The summed E-state index contributed by atoms with van der Waals surface area (Å²) >= 11 is 0. The molecular weight excluding hydrogens is 298 g/mol. The van der Waals surface area contributed by atoms with Crippen LogP contribution in [0, 0.1) is 0 Å². The van der Waals surface area contributed by atoms with Gasteiger partial charge in [-0.25, -0.2) is 0 Å². The first-order chi connectivity index (χ1) is 11.1. The SMILES string of the molecule is O=C(Cc1cccnc1)N1CCN(C2(C(=O)O)CCOC2)CC1. The molecule has 23 heavy (non-hydrogen) atoms. The minimum atomic E-state index is -0.918. The highest BCUT2D eigenvalue weighted by atomic mass is 16.5. The molecule has 124 valence electrons. The average molecular weight is 319 g/mol. The van der Waals surface area contributed by atoms with E-state index in [4.69, 9.17) is 4.74 Å². The normalized spacial score (nSPS) is 25.5.